The summed E-state index contributed by atoms with van der Waals surface area (Å²) in [6.07, 6.45) is 2.83. The Morgan fingerprint density at radius 1 is 1.10 bits per heavy atom. The standard InChI is InChI=1S/C16H15IN2O/c17-15-9-5-4-8-14(15)12-18-19-16(20)11-10-13-6-2-1-3-7-13/h1-9,12H,10-11H2,(H,19,20)/b18-12+. The fourth-order valence-corrected chi connectivity index (χ4v) is 2.24. The molecule has 0 aliphatic heterocycles. The molecule has 0 saturated carbocycles. The van der Waals surface area contributed by atoms with Gasteiger partial charge in [-0.15, -0.1) is 0 Å². The third-order valence-corrected chi connectivity index (χ3v) is 3.76. The van der Waals surface area contributed by atoms with Crippen molar-refractivity contribution in [3.63, 3.8) is 0 Å². The molecule has 0 bridgehead atoms. The van der Waals surface area contributed by atoms with Crippen molar-refractivity contribution in [3.05, 3.63) is 69.3 Å². The summed E-state index contributed by atoms with van der Waals surface area (Å²) in [5.41, 5.74) is 4.71. The van der Waals surface area contributed by atoms with Gasteiger partial charge in [0.2, 0.25) is 5.91 Å². The molecule has 2 aromatic carbocycles. The monoisotopic (exact) mass is 378 g/mol. The second-order valence-electron chi connectivity index (χ2n) is 4.30. The van der Waals surface area contributed by atoms with E-state index in [2.05, 4.69) is 33.1 Å². The van der Waals surface area contributed by atoms with Gasteiger partial charge >= 0.3 is 0 Å². The Morgan fingerprint density at radius 2 is 1.80 bits per heavy atom. The molecule has 0 aliphatic rings. The largest absolute Gasteiger partial charge is 0.273 e. The summed E-state index contributed by atoms with van der Waals surface area (Å²) in [6, 6.07) is 17.8. The van der Waals surface area contributed by atoms with Crippen LogP contribution in [0.15, 0.2) is 59.7 Å². The van der Waals surface area contributed by atoms with Crippen LogP contribution >= 0.6 is 22.6 Å². The molecule has 0 aliphatic carbocycles. The second kappa shape index (κ2) is 7.79. The van der Waals surface area contributed by atoms with Crippen molar-refractivity contribution >= 4 is 34.7 Å². The SMILES string of the molecule is O=C(CCc1ccccc1)N/N=C/c1ccccc1I. The Morgan fingerprint density at radius 3 is 2.55 bits per heavy atom. The van der Waals surface area contributed by atoms with E-state index in [1.807, 2.05) is 54.6 Å². The minimum absolute atomic E-state index is 0.0731. The number of benzene rings is 2. The molecule has 2 aromatic rings. The average molecular weight is 378 g/mol. The predicted molar refractivity (Wildman–Crippen MR) is 89.7 cm³/mol. The van der Waals surface area contributed by atoms with Gasteiger partial charge < -0.3 is 0 Å². The highest BCUT2D eigenvalue weighted by atomic mass is 127. The molecule has 3 nitrogen and oxygen atoms in total. The number of nitrogens with one attached hydrogen (secondary N) is 1. The molecule has 0 saturated heterocycles. The van der Waals surface area contributed by atoms with Crippen molar-refractivity contribution in [2.75, 3.05) is 0 Å². The van der Waals surface area contributed by atoms with E-state index in [4.69, 9.17) is 0 Å². The van der Waals surface area contributed by atoms with E-state index in [1.165, 1.54) is 0 Å². The van der Waals surface area contributed by atoms with Gasteiger partial charge in [0.25, 0.3) is 0 Å². The van der Waals surface area contributed by atoms with E-state index in [0.29, 0.717) is 6.42 Å². The Balaban J connectivity index is 1.79. The van der Waals surface area contributed by atoms with E-state index in [0.717, 1.165) is 21.1 Å². The van der Waals surface area contributed by atoms with E-state index in [1.54, 1.807) is 6.21 Å². The van der Waals surface area contributed by atoms with Crippen LogP contribution in [0.25, 0.3) is 0 Å². The molecule has 1 amide bonds. The van der Waals surface area contributed by atoms with Crippen molar-refractivity contribution in [2.24, 2.45) is 5.10 Å². The molecule has 102 valence electrons. The van der Waals surface area contributed by atoms with Crippen LogP contribution < -0.4 is 5.43 Å². The third-order valence-electron chi connectivity index (χ3n) is 2.78. The molecule has 0 atom stereocenters. The molecule has 20 heavy (non-hydrogen) atoms. The zero-order valence-electron chi connectivity index (χ0n) is 10.9. The van der Waals surface area contributed by atoms with Crippen LogP contribution in [0.3, 0.4) is 0 Å². The lowest BCUT2D eigenvalue weighted by atomic mass is 10.1. The van der Waals surface area contributed by atoms with Gasteiger partial charge in [-0.2, -0.15) is 5.10 Å². The summed E-state index contributed by atoms with van der Waals surface area (Å²) in [6.45, 7) is 0. The second-order valence-corrected chi connectivity index (χ2v) is 5.46. The van der Waals surface area contributed by atoms with Gasteiger partial charge in [0.1, 0.15) is 0 Å². The number of amides is 1. The summed E-state index contributed by atoms with van der Waals surface area (Å²) >= 11 is 2.24. The zero-order chi connectivity index (χ0) is 14.2. The highest BCUT2D eigenvalue weighted by molar-refractivity contribution is 14.1. The van der Waals surface area contributed by atoms with Crippen LogP contribution in [0, 0.1) is 3.57 Å². The molecule has 0 unspecified atom stereocenters. The highest BCUT2D eigenvalue weighted by Crippen LogP contribution is 2.08. The minimum Gasteiger partial charge on any atom is -0.273 e. The maximum atomic E-state index is 11.7. The average Bonchev–Trinajstić information content (AvgIpc) is 2.48. The van der Waals surface area contributed by atoms with Crippen LogP contribution in [-0.2, 0) is 11.2 Å². The Hall–Kier alpha value is -1.69. The van der Waals surface area contributed by atoms with Gasteiger partial charge in [-0.1, -0.05) is 48.5 Å². The molecule has 0 heterocycles. The highest BCUT2D eigenvalue weighted by Gasteiger charge is 2.00. The molecule has 0 spiro atoms. The number of hydrazone groups is 1. The minimum atomic E-state index is -0.0731. The van der Waals surface area contributed by atoms with Gasteiger partial charge in [-0.3, -0.25) is 4.79 Å². The number of carbonyl (C=O) groups is 1. The molecular formula is C16H15IN2O. The maximum absolute atomic E-state index is 11.7. The fourth-order valence-electron chi connectivity index (χ4n) is 1.71. The summed E-state index contributed by atoms with van der Waals surface area (Å²) in [4.78, 5) is 11.7. The van der Waals surface area contributed by atoms with Crippen molar-refractivity contribution in [1.29, 1.82) is 0 Å². The Bertz CT molecular complexity index is 596. The molecule has 4 heteroatoms. The number of carbonyl (C=O) groups excluding carboxylic acids is 1. The number of hydrogen-bond donors (Lipinski definition) is 1. The first-order valence-corrected chi connectivity index (χ1v) is 7.44. The van der Waals surface area contributed by atoms with Gasteiger partial charge in [0, 0.05) is 15.6 Å². The zero-order valence-corrected chi connectivity index (χ0v) is 13.1. The van der Waals surface area contributed by atoms with Crippen LogP contribution in [0.2, 0.25) is 0 Å². The molecule has 0 radical (unpaired) electrons. The van der Waals surface area contributed by atoms with Crippen molar-refractivity contribution < 1.29 is 4.79 Å². The van der Waals surface area contributed by atoms with E-state index >= 15 is 0 Å². The topological polar surface area (TPSA) is 41.5 Å². The predicted octanol–water partition coefficient (Wildman–Crippen LogP) is 3.37. The number of hydrogen-bond acceptors (Lipinski definition) is 2. The lowest BCUT2D eigenvalue weighted by Gasteiger charge is -2.01. The summed E-state index contributed by atoms with van der Waals surface area (Å²) in [7, 11) is 0. The van der Waals surface area contributed by atoms with Gasteiger partial charge in [0.15, 0.2) is 0 Å². The van der Waals surface area contributed by atoms with Crippen molar-refractivity contribution in [3.8, 4) is 0 Å². The first-order chi connectivity index (χ1) is 9.75. The summed E-state index contributed by atoms with van der Waals surface area (Å²) in [5, 5.41) is 3.99. The van der Waals surface area contributed by atoms with Gasteiger partial charge in [0.05, 0.1) is 6.21 Å². The number of halogens is 1. The lowest BCUT2D eigenvalue weighted by molar-refractivity contribution is -0.121. The molecule has 2 rings (SSSR count). The number of aryl methyl sites for hydroxylation is 1. The van der Waals surface area contributed by atoms with Crippen molar-refractivity contribution in [2.45, 2.75) is 12.8 Å². The smallest absolute Gasteiger partial charge is 0.240 e. The first-order valence-electron chi connectivity index (χ1n) is 6.36. The van der Waals surface area contributed by atoms with Gasteiger partial charge in [-0.05, 0) is 40.6 Å². The van der Waals surface area contributed by atoms with Crippen LogP contribution in [0.1, 0.15) is 17.5 Å². The summed E-state index contributed by atoms with van der Waals surface area (Å²) < 4.78 is 1.10. The van der Waals surface area contributed by atoms with Crippen LogP contribution in [0.5, 0.6) is 0 Å². The summed E-state index contributed by atoms with van der Waals surface area (Å²) in [5.74, 6) is -0.0731. The van der Waals surface area contributed by atoms with Crippen LogP contribution in [-0.4, -0.2) is 12.1 Å². The normalized spacial score (nSPS) is 10.7. The molecule has 0 fully saturated rings. The lowest BCUT2D eigenvalue weighted by Crippen LogP contribution is -2.17. The fraction of sp³-hybridized carbons (Fsp3) is 0.125. The van der Waals surface area contributed by atoms with E-state index in [-0.39, 0.29) is 5.91 Å². The molecular weight excluding hydrogens is 363 g/mol. The van der Waals surface area contributed by atoms with Crippen LogP contribution in [0.4, 0.5) is 0 Å². The van der Waals surface area contributed by atoms with Crippen molar-refractivity contribution in [1.82, 2.24) is 5.43 Å². The Kier molecular flexibility index (Phi) is 5.73. The Labute approximate surface area is 132 Å². The first kappa shape index (κ1) is 14.7. The van der Waals surface area contributed by atoms with E-state index < -0.39 is 0 Å². The van der Waals surface area contributed by atoms with E-state index in [9.17, 15) is 4.79 Å². The number of rotatable bonds is 5. The quantitative estimate of drug-likeness (QED) is 0.484. The number of nitrogens with zero attached hydrogens (tertiary/aromatic N) is 1. The maximum Gasteiger partial charge on any atom is 0.240 e. The molecule has 0 aromatic heterocycles. The third kappa shape index (κ3) is 4.77. The van der Waals surface area contributed by atoms with Gasteiger partial charge in [-0.25, -0.2) is 5.43 Å². The molecule has 1 N–H and O–H groups in total.